The highest BCUT2D eigenvalue weighted by atomic mass is 16.5. The van der Waals surface area contributed by atoms with E-state index >= 15 is 0 Å². The number of nitrogens with two attached hydrogens (primary N) is 1. The molecular weight excluding hydrogens is 250 g/mol. The Bertz CT molecular complexity index is 345. The molecule has 116 valence electrons. The molecule has 3 heteroatoms. The molecule has 0 aliphatic heterocycles. The lowest BCUT2D eigenvalue weighted by Gasteiger charge is -2.46. The van der Waals surface area contributed by atoms with E-state index in [0.717, 1.165) is 31.6 Å². The first-order valence-electron chi connectivity index (χ1n) is 8.28. The second-order valence-corrected chi connectivity index (χ2v) is 7.72. The molecule has 0 amide bonds. The molecule has 2 aliphatic carbocycles. The molecule has 0 aromatic rings. The van der Waals surface area contributed by atoms with Crippen LogP contribution in [0.3, 0.4) is 0 Å². The molecule has 0 saturated heterocycles. The van der Waals surface area contributed by atoms with Gasteiger partial charge < -0.3 is 10.5 Å². The third-order valence-corrected chi connectivity index (χ3v) is 6.03. The Labute approximate surface area is 123 Å². The van der Waals surface area contributed by atoms with Crippen molar-refractivity contribution in [1.29, 1.82) is 0 Å². The molecule has 2 saturated carbocycles. The fourth-order valence-corrected chi connectivity index (χ4v) is 3.87. The van der Waals surface area contributed by atoms with Crippen molar-refractivity contribution in [1.82, 2.24) is 0 Å². The maximum atomic E-state index is 12.6. The lowest BCUT2D eigenvalue weighted by Crippen LogP contribution is -2.50. The predicted molar refractivity (Wildman–Crippen MR) is 81.2 cm³/mol. The van der Waals surface area contributed by atoms with Gasteiger partial charge in [-0.1, -0.05) is 27.7 Å². The maximum Gasteiger partial charge on any atom is 0.309 e. The van der Waals surface area contributed by atoms with Crippen molar-refractivity contribution < 1.29 is 9.53 Å². The second-order valence-electron chi connectivity index (χ2n) is 7.72. The topological polar surface area (TPSA) is 52.3 Å². The van der Waals surface area contributed by atoms with E-state index in [1.807, 2.05) is 0 Å². The Morgan fingerprint density at radius 2 is 1.65 bits per heavy atom. The predicted octanol–water partition coefficient (Wildman–Crippen LogP) is 3.51. The summed E-state index contributed by atoms with van der Waals surface area (Å²) in [5.74, 6) is 1.18. The Morgan fingerprint density at radius 1 is 1.05 bits per heavy atom. The van der Waals surface area contributed by atoms with E-state index in [1.54, 1.807) is 0 Å². The van der Waals surface area contributed by atoms with Gasteiger partial charge in [0.1, 0.15) is 6.10 Å². The van der Waals surface area contributed by atoms with Crippen molar-refractivity contribution in [2.24, 2.45) is 28.9 Å². The van der Waals surface area contributed by atoms with Gasteiger partial charge in [-0.25, -0.2) is 0 Å². The highest BCUT2D eigenvalue weighted by molar-refractivity contribution is 5.73. The third kappa shape index (κ3) is 3.19. The average Bonchev–Trinajstić information content (AvgIpc) is 2.38. The van der Waals surface area contributed by atoms with Crippen LogP contribution in [0.15, 0.2) is 0 Å². The number of ether oxygens (including phenoxy) is 1. The van der Waals surface area contributed by atoms with Crippen molar-refractivity contribution >= 4 is 5.97 Å². The molecule has 2 N–H and O–H groups in total. The van der Waals surface area contributed by atoms with Crippen LogP contribution in [0.4, 0.5) is 0 Å². The summed E-state index contributed by atoms with van der Waals surface area (Å²) in [7, 11) is 0. The van der Waals surface area contributed by atoms with E-state index in [4.69, 9.17) is 10.5 Å². The van der Waals surface area contributed by atoms with Gasteiger partial charge >= 0.3 is 5.97 Å². The van der Waals surface area contributed by atoms with Crippen LogP contribution >= 0.6 is 0 Å². The van der Waals surface area contributed by atoms with E-state index in [0.29, 0.717) is 5.92 Å². The van der Waals surface area contributed by atoms with Crippen LogP contribution in [0.25, 0.3) is 0 Å². The molecule has 3 atom stereocenters. The minimum absolute atomic E-state index is 0.0108. The summed E-state index contributed by atoms with van der Waals surface area (Å²) in [5.41, 5.74) is 6.10. The molecule has 0 aromatic carbocycles. The van der Waals surface area contributed by atoms with Crippen molar-refractivity contribution in [3.05, 3.63) is 0 Å². The summed E-state index contributed by atoms with van der Waals surface area (Å²) in [4.78, 5) is 12.6. The molecule has 3 nitrogen and oxygen atoms in total. The molecule has 0 heterocycles. The lowest BCUT2D eigenvalue weighted by molar-refractivity contribution is -0.164. The number of rotatable bonds is 2. The van der Waals surface area contributed by atoms with Gasteiger partial charge in [0.05, 0.1) is 5.92 Å². The second kappa shape index (κ2) is 6.05. The van der Waals surface area contributed by atoms with E-state index in [9.17, 15) is 4.79 Å². The zero-order valence-corrected chi connectivity index (χ0v) is 13.5. The Balaban J connectivity index is 1.95. The van der Waals surface area contributed by atoms with Crippen LogP contribution in [0, 0.1) is 23.2 Å². The molecule has 0 bridgehead atoms. The van der Waals surface area contributed by atoms with Crippen LogP contribution in [-0.2, 0) is 9.53 Å². The van der Waals surface area contributed by atoms with Gasteiger partial charge in [0.25, 0.3) is 0 Å². The monoisotopic (exact) mass is 281 g/mol. The smallest absolute Gasteiger partial charge is 0.309 e. The SMILES string of the molecule is CC1CCC(OC(=O)C2CCC(N)C(C)C2(C)C)CC1. The van der Waals surface area contributed by atoms with Crippen LogP contribution in [0.2, 0.25) is 0 Å². The van der Waals surface area contributed by atoms with Gasteiger partial charge in [-0.3, -0.25) is 4.79 Å². The minimum atomic E-state index is -0.0588. The van der Waals surface area contributed by atoms with E-state index < -0.39 is 0 Å². The summed E-state index contributed by atoms with van der Waals surface area (Å²) in [5, 5.41) is 0. The number of hydrogen-bond acceptors (Lipinski definition) is 3. The molecule has 0 aromatic heterocycles. The number of hydrogen-bond donors (Lipinski definition) is 1. The molecular formula is C17H31NO2. The van der Waals surface area contributed by atoms with Crippen LogP contribution in [0.5, 0.6) is 0 Å². The number of carbonyl (C=O) groups is 1. The molecule has 20 heavy (non-hydrogen) atoms. The van der Waals surface area contributed by atoms with Crippen LogP contribution < -0.4 is 5.73 Å². The van der Waals surface area contributed by atoms with Crippen molar-refractivity contribution in [2.45, 2.75) is 78.4 Å². The standard InChI is InChI=1S/C17H31NO2/c1-11-5-7-13(8-6-11)20-16(19)14-9-10-15(18)12(2)17(14,3)4/h11-15H,5-10,18H2,1-4H3. The normalized spacial score (nSPS) is 41.1. The van der Waals surface area contributed by atoms with Gasteiger partial charge in [0, 0.05) is 6.04 Å². The first-order chi connectivity index (χ1) is 9.32. The minimum Gasteiger partial charge on any atom is -0.462 e. The summed E-state index contributed by atoms with van der Waals surface area (Å²) < 4.78 is 5.82. The Hall–Kier alpha value is -0.570. The number of esters is 1. The number of carbonyl (C=O) groups excluding carboxylic acids is 1. The van der Waals surface area contributed by atoms with Crippen molar-refractivity contribution in [2.75, 3.05) is 0 Å². The van der Waals surface area contributed by atoms with E-state index in [1.165, 1.54) is 12.8 Å². The van der Waals surface area contributed by atoms with Gasteiger partial charge in [-0.05, 0) is 55.8 Å². The quantitative estimate of drug-likeness (QED) is 0.788. The van der Waals surface area contributed by atoms with Crippen molar-refractivity contribution in [3.8, 4) is 0 Å². The summed E-state index contributed by atoms with van der Waals surface area (Å²) in [6.45, 7) is 8.80. The Morgan fingerprint density at radius 3 is 2.25 bits per heavy atom. The zero-order chi connectivity index (χ0) is 14.9. The van der Waals surface area contributed by atoms with E-state index in [2.05, 4.69) is 27.7 Å². The van der Waals surface area contributed by atoms with Gasteiger partial charge in [0.2, 0.25) is 0 Å². The highest BCUT2D eigenvalue weighted by Gasteiger charge is 2.46. The Kier molecular flexibility index (Phi) is 4.78. The first-order valence-corrected chi connectivity index (χ1v) is 8.28. The van der Waals surface area contributed by atoms with Gasteiger partial charge in [-0.2, -0.15) is 0 Å². The van der Waals surface area contributed by atoms with Crippen LogP contribution in [-0.4, -0.2) is 18.1 Å². The van der Waals surface area contributed by atoms with Gasteiger partial charge in [0.15, 0.2) is 0 Å². The molecule has 0 spiro atoms. The lowest BCUT2D eigenvalue weighted by atomic mass is 9.61. The summed E-state index contributed by atoms with van der Waals surface area (Å²) in [6, 6.07) is 0.213. The third-order valence-electron chi connectivity index (χ3n) is 6.03. The molecule has 0 radical (unpaired) electrons. The zero-order valence-electron chi connectivity index (χ0n) is 13.5. The molecule has 3 unspecified atom stereocenters. The van der Waals surface area contributed by atoms with Crippen LogP contribution in [0.1, 0.15) is 66.2 Å². The molecule has 2 aliphatic rings. The summed E-state index contributed by atoms with van der Waals surface area (Å²) in [6.07, 6.45) is 6.41. The molecule has 2 rings (SSSR count). The van der Waals surface area contributed by atoms with E-state index in [-0.39, 0.29) is 29.4 Å². The van der Waals surface area contributed by atoms with Gasteiger partial charge in [-0.15, -0.1) is 0 Å². The first kappa shape index (κ1) is 15.8. The average molecular weight is 281 g/mol. The molecule has 2 fully saturated rings. The largest absolute Gasteiger partial charge is 0.462 e. The fourth-order valence-electron chi connectivity index (χ4n) is 3.87. The highest BCUT2D eigenvalue weighted by Crippen LogP contribution is 2.45. The van der Waals surface area contributed by atoms with Crippen molar-refractivity contribution in [3.63, 3.8) is 0 Å². The maximum absolute atomic E-state index is 12.6. The summed E-state index contributed by atoms with van der Waals surface area (Å²) >= 11 is 0. The fraction of sp³-hybridized carbons (Fsp3) is 0.941.